The molecule has 0 saturated heterocycles. The zero-order valence-corrected chi connectivity index (χ0v) is 23.6. The fourth-order valence-corrected chi connectivity index (χ4v) is 5.17. The van der Waals surface area contributed by atoms with Crippen LogP contribution in [0.1, 0.15) is 56.6 Å². The van der Waals surface area contributed by atoms with Crippen LogP contribution in [0.3, 0.4) is 0 Å². The Bertz CT molecular complexity index is 1660. The molecule has 0 N–H and O–H groups in total. The van der Waals surface area contributed by atoms with Gasteiger partial charge < -0.3 is 0 Å². The molecule has 5 heterocycles. The molecule has 41 heavy (non-hydrogen) atoms. The largest absolute Gasteiger partial charge is 0.249 e. The maximum atomic E-state index is 4.88. The predicted molar refractivity (Wildman–Crippen MR) is 173 cm³/mol. The molecule has 0 saturated carbocycles. The van der Waals surface area contributed by atoms with Crippen molar-refractivity contribution in [1.29, 1.82) is 0 Å². The van der Waals surface area contributed by atoms with Gasteiger partial charge in [0.2, 0.25) is 0 Å². The standard InChI is InChI=1S/C37H34N4/c1-2-3-4-5-6-7-9-27-12-14-28(15-13-27)10-8-11-29-22-36-25-34-19-18-32(39-34)23-30-16-17-31(38-30)24-33-20-21-35(40-33)26-37(29)41-36/h12-26H,2-7,9-10H2,1H3. The van der Waals surface area contributed by atoms with Crippen LogP contribution in [0.5, 0.6) is 0 Å². The summed E-state index contributed by atoms with van der Waals surface area (Å²) in [6.45, 7) is 2.27. The van der Waals surface area contributed by atoms with Crippen molar-refractivity contribution >= 4 is 22.8 Å². The number of rotatable bonds is 8. The monoisotopic (exact) mass is 534 g/mol. The lowest BCUT2D eigenvalue weighted by atomic mass is 10.0. The van der Waals surface area contributed by atoms with Crippen molar-refractivity contribution < 1.29 is 0 Å². The van der Waals surface area contributed by atoms with Gasteiger partial charge in [-0.05, 0) is 90.8 Å². The highest BCUT2D eigenvalue weighted by atomic mass is 14.8. The molecule has 202 valence electrons. The predicted octanol–water partition coefficient (Wildman–Crippen LogP) is 8.10. The van der Waals surface area contributed by atoms with E-state index in [9.17, 15) is 0 Å². The minimum absolute atomic E-state index is 0.701. The Kier molecular flexibility index (Phi) is 8.24. The highest BCUT2D eigenvalue weighted by Gasteiger charge is 2.16. The smallest absolute Gasteiger partial charge is 0.0815 e. The number of aliphatic imine (C=N–C) groups is 4. The molecule has 5 aliphatic heterocycles. The Labute approximate surface area is 243 Å². The van der Waals surface area contributed by atoms with Crippen molar-refractivity contribution in [3.05, 3.63) is 131 Å². The normalized spacial score (nSPS) is 18.0. The molecule has 6 rings (SSSR count). The Morgan fingerprint density at radius 2 is 1.10 bits per heavy atom. The van der Waals surface area contributed by atoms with E-state index in [1.807, 2.05) is 66.8 Å². The first-order valence-corrected chi connectivity index (χ1v) is 14.7. The number of aryl methyl sites for hydroxylation is 1. The third-order valence-electron chi connectivity index (χ3n) is 7.40. The first kappa shape index (κ1) is 26.6. The van der Waals surface area contributed by atoms with Crippen molar-refractivity contribution in [2.24, 2.45) is 20.0 Å². The topological polar surface area (TPSA) is 49.4 Å². The number of nitrogens with zero attached hydrogens (tertiary/aromatic N) is 4. The van der Waals surface area contributed by atoms with E-state index in [-0.39, 0.29) is 0 Å². The molecule has 5 aliphatic rings. The molecule has 0 amide bonds. The molecule has 8 bridgehead atoms. The Morgan fingerprint density at radius 1 is 0.537 bits per heavy atom. The van der Waals surface area contributed by atoms with E-state index < -0.39 is 0 Å². The van der Waals surface area contributed by atoms with Crippen molar-refractivity contribution in [3.63, 3.8) is 0 Å². The van der Waals surface area contributed by atoms with E-state index >= 15 is 0 Å². The van der Waals surface area contributed by atoms with Crippen LogP contribution in [0.25, 0.3) is 0 Å². The molecule has 0 spiro atoms. The lowest BCUT2D eigenvalue weighted by molar-refractivity contribution is 0.607. The summed E-state index contributed by atoms with van der Waals surface area (Å²) in [5.41, 5.74) is 10.4. The van der Waals surface area contributed by atoms with E-state index in [0.29, 0.717) is 6.42 Å². The van der Waals surface area contributed by atoms with Gasteiger partial charge in [0.15, 0.2) is 0 Å². The van der Waals surface area contributed by atoms with Gasteiger partial charge >= 0.3 is 0 Å². The minimum atomic E-state index is 0.701. The molecular formula is C37H34N4. The van der Waals surface area contributed by atoms with Gasteiger partial charge in [-0.2, -0.15) is 0 Å². The Balaban J connectivity index is 1.17. The average Bonchev–Trinajstić information content (AvgIpc) is 3.78. The molecule has 0 aromatic heterocycles. The fraction of sp³-hybridized carbons (Fsp3) is 0.243. The van der Waals surface area contributed by atoms with E-state index in [1.54, 1.807) is 0 Å². The van der Waals surface area contributed by atoms with E-state index in [1.165, 1.54) is 49.7 Å². The van der Waals surface area contributed by atoms with Crippen LogP contribution in [0, 0.1) is 11.8 Å². The van der Waals surface area contributed by atoms with Gasteiger partial charge in [0, 0.05) is 6.42 Å². The summed E-state index contributed by atoms with van der Waals surface area (Å²) in [6.07, 6.45) is 31.9. The Morgan fingerprint density at radius 3 is 1.76 bits per heavy atom. The van der Waals surface area contributed by atoms with Gasteiger partial charge in [0.25, 0.3) is 0 Å². The number of benzene rings is 1. The number of allylic oxidation sites excluding steroid dienone is 12. The molecule has 0 unspecified atom stereocenters. The van der Waals surface area contributed by atoms with Gasteiger partial charge in [-0.3, -0.25) is 0 Å². The molecule has 1 aromatic carbocycles. The fourth-order valence-electron chi connectivity index (χ4n) is 5.17. The maximum Gasteiger partial charge on any atom is 0.0815 e. The molecule has 0 radical (unpaired) electrons. The number of unbranched alkanes of at least 4 members (excludes halogenated alkanes) is 5. The quantitative estimate of drug-likeness (QED) is 0.239. The summed E-state index contributed by atoms with van der Waals surface area (Å²) in [6, 6.07) is 8.96. The second-order valence-corrected chi connectivity index (χ2v) is 10.8. The molecule has 4 nitrogen and oxygen atoms in total. The summed E-state index contributed by atoms with van der Waals surface area (Å²) in [5.74, 6) is 6.76. The van der Waals surface area contributed by atoms with Crippen molar-refractivity contribution in [2.75, 3.05) is 0 Å². The molecule has 0 atom stereocenters. The third-order valence-corrected chi connectivity index (χ3v) is 7.40. The molecule has 0 aliphatic carbocycles. The summed E-state index contributed by atoms with van der Waals surface area (Å²) < 4.78 is 0. The number of fused-ring (bicyclic) bond motifs is 4. The van der Waals surface area contributed by atoms with Crippen molar-refractivity contribution in [3.8, 4) is 11.8 Å². The van der Waals surface area contributed by atoms with Gasteiger partial charge in [-0.25, -0.2) is 20.0 Å². The summed E-state index contributed by atoms with van der Waals surface area (Å²) in [5, 5.41) is 0. The van der Waals surface area contributed by atoms with E-state index in [2.05, 4.69) is 48.0 Å². The maximum absolute atomic E-state index is 4.88. The van der Waals surface area contributed by atoms with Gasteiger partial charge in [0.1, 0.15) is 0 Å². The van der Waals surface area contributed by atoms with Crippen molar-refractivity contribution in [2.45, 2.75) is 58.3 Å². The molecule has 1 aromatic rings. The minimum Gasteiger partial charge on any atom is -0.249 e. The van der Waals surface area contributed by atoms with Crippen molar-refractivity contribution in [1.82, 2.24) is 0 Å². The number of hydrogen-bond acceptors (Lipinski definition) is 4. The zero-order valence-electron chi connectivity index (χ0n) is 23.6. The average molecular weight is 535 g/mol. The third kappa shape index (κ3) is 7.13. The lowest BCUT2D eigenvalue weighted by Crippen LogP contribution is -1.90. The molecular weight excluding hydrogens is 500 g/mol. The van der Waals surface area contributed by atoms with Crippen LogP contribution < -0.4 is 0 Å². The Hall–Kier alpha value is -4.62. The summed E-state index contributed by atoms with van der Waals surface area (Å²) >= 11 is 0. The van der Waals surface area contributed by atoms with Gasteiger partial charge in [-0.15, -0.1) is 0 Å². The van der Waals surface area contributed by atoms with Gasteiger partial charge in [0.05, 0.1) is 51.2 Å². The van der Waals surface area contributed by atoms with Crippen LogP contribution >= 0.6 is 0 Å². The van der Waals surface area contributed by atoms with Crippen LogP contribution in [-0.4, -0.2) is 22.8 Å². The zero-order chi connectivity index (χ0) is 27.9. The first-order valence-electron chi connectivity index (χ1n) is 14.7. The van der Waals surface area contributed by atoms with Crippen LogP contribution in [-0.2, 0) is 12.8 Å². The first-order chi connectivity index (χ1) is 20.2. The van der Waals surface area contributed by atoms with E-state index in [0.717, 1.165) is 57.6 Å². The SMILES string of the molecule is CCCCCCCCc1ccc(CC#CC2=CC3=NC2=CC2=NC(=CC4=NC(=CC5=NC(=C3)C=C5)C=C4)C=C2)cc1. The summed E-state index contributed by atoms with van der Waals surface area (Å²) in [7, 11) is 0. The highest BCUT2D eigenvalue weighted by molar-refractivity contribution is 6.15. The second-order valence-electron chi connectivity index (χ2n) is 10.8. The highest BCUT2D eigenvalue weighted by Crippen LogP contribution is 2.24. The number of hydrogen-bond donors (Lipinski definition) is 0. The van der Waals surface area contributed by atoms with E-state index in [4.69, 9.17) is 15.0 Å². The molecule has 4 heteroatoms. The van der Waals surface area contributed by atoms with Crippen LogP contribution in [0.2, 0.25) is 0 Å². The lowest BCUT2D eigenvalue weighted by Gasteiger charge is -2.03. The van der Waals surface area contributed by atoms with Gasteiger partial charge in [-0.1, -0.05) is 75.1 Å². The second kappa shape index (κ2) is 12.7. The van der Waals surface area contributed by atoms with Crippen LogP contribution in [0.15, 0.2) is 139 Å². The summed E-state index contributed by atoms with van der Waals surface area (Å²) in [4.78, 5) is 19.1. The van der Waals surface area contributed by atoms with Crippen LogP contribution in [0.4, 0.5) is 0 Å². The molecule has 0 fully saturated rings.